The number of halogens is 1. The fraction of sp³-hybridized carbons (Fsp3) is 0.429. The summed E-state index contributed by atoms with van der Waals surface area (Å²) >= 11 is 1.58. The molecule has 0 saturated carbocycles. The first-order valence-electron chi connectivity index (χ1n) is 9.58. The highest BCUT2D eigenvalue weighted by atomic mass is 32.2. The Hall–Kier alpha value is -2.12. The molecule has 2 heterocycles. The maximum Gasteiger partial charge on any atom is 0.254 e. The molecule has 1 aliphatic heterocycles. The maximum absolute atomic E-state index is 13.4. The second-order valence-electron chi connectivity index (χ2n) is 7.01. The van der Waals surface area contributed by atoms with Crippen LogP contribution in [0, 0.1) is 12.7 Å². The number of hydrogen-bond donors (Lipinski definition) is 1. The minimum Gasteiger partial charge on any atom is -0.354 e. The molecular weight excluding hydrogens is 375 g/mol. The topological polar surface area (TPSA) is 48.5 Å². The standard InChI is InChI=1S/C21H27FN4OS/c1-4-28-21-19(20(27)23-14-16-6-5-7-17(22)13-16)15(2)12-18(24-21)26-10-8-25(3)9-11-26/h5-7,12-13H,4,8-11,14H2,1-3H3,(H,23,27). The van der Waals surface area contributed by atoms with E-state index in [4.69, 9.17) is 4.98 Å². The summed E-state index contributed by atoms with van der Waals surface area (Å²) in [6.45, 7) is 8.18. The number of amides is 1. The van der Waals surface area contributed by atoms with Crippen molar-refractivity contribution in [3.05, 3.63) is 52.8 Å². The highest BCUT2D eigenvalue weighted by molar-refractivity contribution is 7.99. The summed E-state index contributed by atoms with van der Waals surface area (Å²) in [4.78, 5) is 22.3. The van der Waals surface area contributed by atoms with Gasteiger partial charge in [-0.3, -0.25) is 4.79 Å². The van der Waals surface area contributed by atoms with Gasteiger partial charge in [0.1, 0.15) is 16.7 Å². The number of carbonyl (C=O) groups is 1. The number of nitrogens with zero attached hydrogens (tertiary/aromatic N) is 3. The van der Waals surface area contributed by atoms with Crippen molar-refractivity contribution in [1.29, 1.82) is 0 Å². The molecule has 0 atom stereocenters. The molecule has 1 amide bonds. The van der Waals surface area contributed by atoms with Gasteiger partial charge >= 0.3 is 0 Å². The van der Waals surface area contributed by atoms with Crippen molar-refractivity contribution in [3.8, 4) is 0 Å². The number of hydrogen-bond acceptors (Lipinski definition) is 5. The van der Waals surface area contributed by atoms with Crippen molar-refractivity contribution < 1.29 is 9.18 Å². The van der Waals surface area contributed by atoms with Crippen molar-refractivity contribution in [1.82, 2.24) is 15.2 Å². The molecule has 1 aromatic carbocycles. The van der Waals surface area contributed by atoms with Crippen LogP contribution in [-0.4, -0.2) is 54.8 Å². The van der Waals surface area contributed by atoms with Gasteiger partial charge in [-0.1, -0.05) is 19.1 Å². The van der Waals surface area contributed by atoms with Gasteiger partial charge in [0.25, 0.3) is 5.91 Å². The van der Waals surface area contributed by atoms with Crippen LogP contribution >= 0.6 is 11.8 Å². The molecule has 3 rings (SSSR count). The second-order valence-corrected chi connectivity index (χ2v) is 8.27. The SMILES string of the molecule is CCSc1nc(N2CCN(C)CC2)cc(C)c1C(=O)NCc1cccc(F)c1. The summed E-state index contributed by atoms with van der Waals surface area (Å²) in [5.74, 6) is 1.30. The van der Waals surface area contributed by atoms with Gasteiger partial charge in [0, 0.05) is 32.7 Å². The number of rotatable bonds is 6. The summed E-state index contributed by atoms with van der Waals surface area (Å²) in [7, 11) is 2.13. The fourth-order valence-electron chi connectivity index (χ4n) is 3.26. The Kier molecular flexibility index (Phi) is 6.91. The minimum absolute atomic E-state index is 0.171. The Labute approximate surface area is 170 Å². The molecule has 0 unspecified atom stereocenters. The van der Waals surface area contributed by atoms with E-state index < -0.39 is 0 Å². The van der Waals surface area contributed by atoms with Gasteiger partial charge in [0.15, 0.2) is 0 Å². The third-order valence-corrected chi connectivity index (χ3v) is 5.70. The van der Waals surface area contributed by atoms with Crippen LogP contribution in [0.1, 0.15) is 28.4 Å². The molecule has 5 nitrogen and oxygen atoms in total. The van der Waals surface area contributed by atoms with Crippen molar-refractivity contribution in [2.24, 2.45) is 0 Å². The monoisotopic (exact) mass is 402 g/mol. The zero-order valence-electron chi connectivity index (χ0n) is 16.7. The van der Waals surface area contributed by atoms with E-state index in [0.29, 0.717) is 5.56 Å². The molecular formula is C21H27FN4OS. The number of thioether (sulfide) groups is 1. The zero-order chi connectivity index (χ0) is 20.1. The van der Waals surface area contributed by atoms with Crippen molar-refractivity contribution >= 4 is 23.5 Å². The van der Waals surface area contributed by atoms with E-state index in [0.717, 1.165) is 53.9 Å². The van der Waals surface area contributed by atoms with E-state index >= 15 is 0 Å². The molecule has 7 heteroatoms. The molecule has 0 bridgehead atoms. The first-order valence-corrected chi connectivity index (χ1v) is 10.6. The summed E-state index contributed by atoms with van der Waals surface area (Å²) in [6.07, 6.45) is 0. The van der Waals surface area contributed by atoms with Crippen LogP contribution in [0.5, 0.6) is 0 Å². The number of benzene rings is 1. The number of carbonyl (C=O) groups excluding carboxylic acids is 1. The number of anilines is 1. The van der Waals surface area contributed by atoms with Crippen LogP contribution in [0.15, 0.2) is 35.4 Å². The van der Waals surface area contributed by atoms with Crippen LogP contribution in [0.25, 0.3) is 0 Å². The largest absolute Gasteiger partial charge is 0.354 e. The van der Waals surface area contributed by atoms with Crippen molar-refractivity contribution in [2.75, 3.05) is 43.9 Å². The van der Waals surface area contributed by atoms with Crippen molar-refractivity contribution in [3.63, 3.8) is 0 Å². The Morgan fingerprint density at radius 3 is 2.68 bits per heavy atom. The second kappa shape index (κ2) is 9.39. The van der Waals surface area contributed by atoms with Crippen LogP contribution < -0.4 is 10.2 Å². The highest BCUT2D eigenvalue weighted by Gasteiger charge is 2.21. The van der Waals surface area contributed by atoms with Crippen LogP contribution in [0.2, 0.25) is 0 Å². The summed E-state index contributed by atoms with van der Waals surface area (Å²) < 4.78 is 13.4. The molecule has 1 fully saturated rings. The van der Waals surface area contributed by atoms with Gasteiger partial charge in [0.05, 0.1) is 5.56 Å². The van der Waals surface area contributed by atoms with E-state index in [2.05, 4.69) is 29.1 Å². The summed E-state index contributed by atoms with van der Waals surface area (Å²) in [6, 6.07) is 8.28. The van der Waals surface area contributed by atoms with Crippen LogP contribution in [0.3, 0.4) is 0 Å². The fourth-order valence-corrected chi connectivity index (χ4v) is 4.09. The first-order chi connectivity index (χ1) is 13.5. The van der Waals surface area contributed by atoms with E-state index in [-0.39, 0.29) is 18.3 Å². The Morgan fingerprint density at radius 1 is 1.25 bits per heavy atom. The lowest BCUT2D eigenvalue weighted by molar-refractivity contribution is 0.0946. The average Bonchev–Trinajstić information content (AvgIpc) is 2.67. The molecule has 1 aromatic heterocycles. The van der Waals surface area contributed by atoms with E-state index in [1.165, 1.54) is 12.1 Å². The molecule has 1 N–H and O–H groups in total. The van der Waals surface area contributed by atoms with Gasteiger partial charge in [0.2, 0.25) is 0 Å². The van der Waals surface area contributed by atoms with E-state index in [1.54, 1.807) is 23.9 Å². The number of nitrogens with one attached hydrogen (secondary N) is 1. The number of pyridine rings is 1. The van der Waals surface area contributed by atoms with Crippen LogP contribution in [-0.2, 0) is 6.54 Å². The number of piperazine rings is 1. The quantitative estimate of drug-likeness (QED) is 0.751. The van der Waals surface area contributed by atoms with Gasteiger partial charge in [-0.2, -0.15) is 0 Å². The third-order valence-electron chi connectivity index (χ3n) is 4.85. The number of likely N-dealkylation sites (N-methyl/N-ethyl adjacent to an activating group) is 1. The van der Waals surface area contributed by atoms with Crippen LogP contribution in [0.4, 0.5) is 10.2 Å². The smallest absolute Gasteiger partial charge is 0.254 e. The minimum atomic E-state index is -0.302. The highest BCUT2D eigenvalue weighted by Crippen LogP contribution is 2.28. The van der Waals surface area contributed by atoms with Crippen molar-refractivity contribution in [2.45, 2.75) is 25.4 Å². The molecule has 28 heavy (non-hydrogen) atoms. The Balaban J connectivity index is 1.79. The Morgan fingerprint density at radius 2 is 2.00 bits per heavy atom. The molecule has 150 valence electrons. The summed E-state index contributed by atoms with van der Waals surface area (Å²) in [5, 5.41) is 3.67. The number of aromatic nitrogens is 1. The molecule has 2 aromatic rings. The van der Waals surface area contributed by atoms with E-state index in [9.17, 15) is 9.18 Å². The molecule has 0 spiro atoms. The molecule has 0 aliphatic carbocycles. The predicted octanol–water partition coefficient (Wildman–Crippen LogP) is 3.32. The molecule has 1 saturated heterocycles. The maximum atomic E-state index is 13.4. The lowest BCUT2D eigenvalue weighted by Crippen LogP contribution is -2.45. The van der Waals surface area contributed by atoms with Gasteiger partial charge < -0.3 is 15.1 Å². The average molecular weight is 403 g/mol. The zero-order valence-corrected chi connectivity index (χ0v) is 17.5. The lowest BCUT2D eigenvalue weighted by Gasteiger charge is -2.33. The summed E-state index contributed by atoms with van der Waals surface area (Å²) in [5.41, 5.74) is 2.26. The number of aryl methyl sites for hydroxylation is 1. The molecule has 1 aliphatic rings. The van der Waals surface area contributed by atoms with Gasteiger partial charge in [-0.05, 0) is 49.1 Å². The van der Waals surface area contributed by atoms with Gasteiger partial charge in [-0.15, -0.1) is 11.8 Å². The first kappa shape index (κ1) is 20.6. The van der Waals surface area contributed by atoms with E-state index in [1.807, 2.05) is 13.0 Å². The Bertz CT molecular complexity index is 837. The third kappa shape index (κ3) is 5.02. The predicted molar refractivity (Wildman–Crippen MR) is 113 cm³/mol. The molecule has 0 radical (unpaired) electrons. The normalized spacial score (nSPS) is 14.9. The van der Waals surface area contributed by atoms with Gasteiger partial charge in [-0.25, -0.2) is 9.37 Å². The lowest BCUT2D eigenvalue weighted by atomic mass is 10.1.